The lowest BCUT2D eigenvalue weighted by Crippen LogP contribution is -2.33. The summed E-state index contributed by atoms with van der Waals surface area (Å²) in [6.45, 7) is 2.14. The first-order valence-corrected chi connectivity index (χ1v) is 8.92. The minimum Gasteiger partial charge on any atom is -0.406 e. The van der Waals surface area contributed by atoms with Crippen molar-refractivity contribution in [2.75, 3.05) is 13.1 Å². The van der Waals surface area contributed by atoms with E-state index in [0.717, 1.165) is 30.0 Å². The summed E-state index contributed by atoms with van der Waals surface area (Å²) in [7, 11) is -3.81. The molecule has 1 aromatic carbocycles. The number of pyridine rings is 1. The Kier molecular flexibility index (Phi) is 6.02. The third-order valence-corrected chi connectivity index (χ3v) is 5.38. The molecular weight excluding hydrogens is 357 g/mol. The number of halogens is 3. The monoisotopic (exact) mass is 374 g/mol. The second kappa shape index (κ2) is 7.83. The highest BCUT2D eigenvalue weighted by molar-refractivity contribution is 7.89. The van der Waals surface area contributed by atoms with Crippen molar-refractivity contribution in [1.82, 2.24) is 9.29 Å². The van der Waals surface area contributed by atoms with Crippen LogP contribution in [0.5, 0.6) is 5.75 Å². The van der Waals surface area contributed by atoms with Gasteiger partial charge in [0.15, 0.2) is 0 Å². The second-order valence-corrected chi connectivity index (χ2v) is 7.02. The summed E-state index contributed by atoms with van der Waals surface area (Å²) in [6, 6.07) is 9.53. The van der Waals surface area contributed by atoms with Crippen molar-refractivity contribution in [2.24, 2.45) is 0 Å². The molecule has 1 aromatic heterocycles. The van der Waals surface area contributed by atoms with Gasteiger partial charge in [-0.05, 0) is 36.4 Å². The van der Waals surface area contributed by atoms with Gasteiger partial charge < -0.3 is 4.74 Å². The maximum Gasteiger partial charge on any atom is 0.573 e. The predicted octanol–water partition coefficient (Wildman–Crippen LogP) is 3.23. The number of hydrogen-bond donors (Lipinski definition) is 0. The van der Waals surface area contributed by atoms with E-state index in [1.165, 1.54) is 4.31 Å². The van der Waals surface area contributed by atoms with Crippen LogP contribution in [0.1, 0.15) is 12.6 Å². The molecular formula is C16H17F3N2O3S. The first kappa shape index (κ1) is 19.2. The Hall–Kier alpha value is -2.13. The van der Waals surface area contributed by atoms with Crippen LogP contribution in [-0.4, -0.2) is 37.2 Å². The minimum absolute atomic E-state index is 0.0927. The fraction of sp³-hybridized carbons (Fsp3) is 0.312. The van der Waals surface area contributed by atoms with E-state index < -0.39 is 22.1 Å². The van der Waals surface area contributed by atoms with E-state index in [4.69, 9.17) is 0 Å². The predicted molar refractivity (Wildman–Crippen MR) is 85.5 cm³/mol. The Morgan fingerprint density at radius 2 is 1.80 bits per heavy atom. The van der Waals surface area contributed by atoms with Gasteiger partial charge in [0.1, 0.15) is 5.75 Å². The summed E-state index contributed by atoms with van der Waals surface area (Å²) < 4.78 is 66.7. The average Bonchev–Trinajstić information content (AvgIpc) is 2.55. The van der Waals surface area contributed by atoms with Gasteiger partial charge in [-0.1, -0.05) is 13.0 Å². The number of sulfonamides is 1. The van der Waals surface area contributed by atoms with Crippen LogP contribution in [0.4, 0.5) is 13.2 Å². The summed E-state index contributed by atoms with van der Waals surface area (Å²) in [4.78, 5) is 4.05. The molecule has 1 heterocycles. The van der Waals surface area contributed by atoms with Gasteiger partial charge in [-0.2, -0.15) is 4.31 Å². The third-order valence-electron chi connectivity index (χ3n) is 3.39. The van der Waals surface area contributed by atoms with Gasteiger partial charge in [0.25, 0.3) is 0 Å². The summed E-state index contributed by atoms with van der Waals surface area (Å²) in [6.07, 6.45) is -2.76. The second-order valence-electron chi connectivity index (χ2n) is 5.09. The lowest BCUT2D eigenvalue weighted by atomic mass is 10.3. The van der Waals surface area contributed by atoms with Crippen molar-refractivity contribution < 1.29 is 26.3 Å². The smallest absolute Gasteiger partial charge is 0.406 e. The van der Waals surface area contributed by atoms with Crippen molar-refractivity contribution in [3.05, 3.63) is 54.4 Å². The molecule has 0 aliphatic heterocycles. The number of benzene rings is 1. The molecule has 0 atom stereocenters. The quantitative estimate of drug-likeness (QED) is 0.747. The zero-order valence-corrected chi connectivity index (χ0v) is 14.2. The summed E-state index contributed by atoms with van der Waals surface area (Å²) in [5, 5.41) is 0. The van der Waals surface area contributed by atoms with E-state index in [9.17, 15) is 21.6 Å². The van der Waals surface area contributed by atoms with E-state index >= 15 is 0 Å². The highest BCUT2D eigenvalue weighted by Crippen LogP contribution is 2.25. The van der Waals surface area contributed by atoms with E-state index in [2.05, 4.69) is 9.72 Å². The molecule has 2 rings (SSSR count). The summed E-state index contributed by atoms with van der Waals surface area (Å²) >= 11 is 0. The molecule has 25 heavy (non-hydrogen) atoms. The maximum atomic E-state index is 12.6. The first-order valence-electron chi connectivity index (χ1n) is 7.48. The van der Waals surface area contributed by atoms with Gasteiger partial charge in [-0.3, -0.25) is 4.98 Å². The summed E-state index contributed by atoms with van der Waals surface area (Å²) in [5.74, 6) is -0.469. The Morgan fingerprint density at radius 3 is 2.32 bits per heavy atom. The molecule has 0 amide bonds. The van der Waals surface area contributed by atoms with Crippen molar-refractivity contribution in [3.8, 4) is 5.75 Å². The number of aromatic nitrogens is 1. The molecule has 0 spiro atoms. The highest BCUT2D eigenvalue weighted by Gasteiger charge is 2.31. The largest absolute Gasteiger partial charge is 0.573 e. The first-order chi connectivity index (χ1) is 11.7. The standard InChI is InChI=1S/C16H17F3N2O3S/c1-2-21(12-10-13-5-3-4-11-20-13)25(22,23)15-8-6-14(7-9-15)24-16(17,18)19/h3-9,11H,2,10,12H2,1H3. The Balaban J connectivity index is 2.12. The van der Waals surface area contributed by atoms with Crippen LogP contribution >= 0.6 is 0 Å². The van der Waals surface area contributed by atoms with Crippen molar-refractivity contribution in [3.63, 3.8) is 0 Å². The van der Waals surface area contributed by atoms with Crippen LogP contribution in [-0.2, 0) is 16.4 Å². The fourth-order valence-electron chi connectivity index (χ4n) is 2.20. The molecule has 9 heteroatoms. The molecule has 2 aromatic rings. The average molecular weight is 374 g/mol. The lowest BCUT2D eigenvalue weighted by molar-refractivity contribution is -0.274. The van der Waals surface area contributed by atoms with Crippen molar-refractivity contribution in [1.29, 1.82) is 0 Å². The lowest BCUT2D eigenvalue weighted by Gasteiger charge is -2.20. The van der Waals surface area contributed by atoms with Crippen LogP contribution in [0.15, 0.2) is 53.6 Å². The Bertz CT molecular complexity index is 779. The molecule has 0 saturated heterocycles. The van der Waals surface area contributed by atoms with Crippen LogP contribution in [0.3, 0.4) is 0 Å². The van der Waals surface area contributed by atoms with Gasteiger partial charge in [-0.15, -0.1) is 13.2 Å². The van der Waals surface area contributed by atoms with Gasteiger partial charge in [-0.25, -0.2) is 8.42 Å². The number of rotatable bonds is 7. The number of hydrogen-bond acceptors (Lipinski definition) is 4. The number of ether oxygens (including phenoxy) is 1. The van der Waals surface area contributed by atoms with Gasteiger partial charge in [0.2, 0.25) is 10.0 Å². The van der Waals surface area contributed by atoms with Crippen LogP contribution in [0.2, 0.25) is 0 Å². The maximum absolute atomic E-state index is 12.6. The van der Waals surface area contributed by atoms with Crippen molar-refractivity contribution in [2.45, 2.75) is 24.6 Å². The topological polar surface area (TPSA) is 59.5 Å². The zero-order chi connectivity index (χ0) is 18.5. The molecule has 0 unspecified atom stereocenters. The number of likely N-dealkylation sites (N-methyl/N-ethyl adjacent to an activating group) is 1. The Morgan fingerprint density at radius 1 is 1.12 bits per heavy atom. The molecule has 0 N–H and O–H groups in total. The van der Waals surface area contributed by atoms with Crippen LogP contribution < -0.4 is 4.74 Å². The van der Waals surface area contributed by atoms with Gasteiger partial charge >= 0.3 is 6.36 Å². The Labute approximate surface area is 144 Å². The normalized spacial score (nSPS) is 12.4. The molecule has 0 aliphatic rings. The number of alkyl halides is 3. The van der Waals surface area contributed by atoms with Crippen molar-refractivity contribution >= 4 is 10.0 Å². The van der Waals surface area contributed by atoms with Gasteiger partial charge in [0, 0.05) is 31.4 Å². The molecule has 0 aliphatic carbocycles. The molecule has 0 bridgehead atoms. The molecule has 5 nitrogen and oxygen atoms in total. The minimum atomic E-state index is -4.82. The summed E-state index contributed by atoms with van der Waals surface area (Å²) in [5.41, 5.74) is 0.755. The van der Waals surface area contributed by atoms with E-state index in [1.54, 1.807) is 25.3 Å². The highest BCUT2D eigenvalue weighted by atomic mass is 32.2. The van der Waals surface area contributed by atoms with E-state index in [0.29, 0.717) is 6.42 Å². The van der Waals surface area contributed by atoms with E-state index in [1.807, 2.05) is 6.07 Å². The fourth-order valence-corrected chi connectivity index (χ4v) is 3.65. The molecule has 0 fully saturated rings. The van der Waals surface area contributed by atoms with E-state index in [-0.39, 0.29) is 18.0 Å². The molecule has 0 radical (unpaired) electrons. The molecule has 136 valence electrons. The number of nitrogens with zero attached hydrogens (tertiary/aromatic N) is 2. The molecule has 0 saturated carbocycles. The van der Waals surface area contributed by atoms with Crippen LogP contribution in [0.25, 0.3) is 0 Å². The van der Waals surface area contributed by atoms with Crippen LogP contribution in [0, 0.1) is 0 Å². The zero-order valence-electron chi connectivity index (χ0n) is 13.4. The SMILES string of the molecule is CCN(CCc1ccccn1)S(=O)(=O)c1ccc(OC(F)(F)F)cc1. The third kappa shape index (κ3) is 5.43. The van der Waals surface area contributed by atoms with Gasteiger partial charge in [0.05, 0.1) is 4.90 Å².